The topological polar surface area (TPSA) is 72.0 Å². The first-order chi connectivity index (χ1) is 8.00. The molecule has 1 atom stereocenters. The minimum atomic E-state index is -3.58. The largest absolute Gasteiger partial charge is 0.242 e. The predicted octanol–water partition coefficient (Wildman–Crippen LogP) is 1.60. The van der Waals surface area contributed by atoms with Crippen LogP contribution in [0.3, 0.4) is 0 Å². The van der Waals surface area contributed by atoms with Crippen molar-refractivity contribution < 1.29 is 8.42 Å². The van der Waals surface area contributed by atoms with Gasteiger partial charge in [-0.15, -0.1) is 11.6 Å². The highest BCUT2D eigenvalue weighted by Crippen LogP contribution is 2.20. The Morgan fingerprint density at radius 3 is 2.94 bits per heavy atom. The smallest absolute Gasteiger partial charge is 0.210 e. The summed E-state index contributed by atoms with van der Waals surface area (Å²) in [7, 11) is -3.58. The van der Waals surface area contributed by atoms with Gasteiger partial charge in [0.25, 0.3) is 0 Å². The van der Waals surface area contributed by atoms with Crippen molar-refractivity contribution in [1.82, 2.24) is 13.5 Å². The van der Waals surface area contributed by atoms with E-state index >= 15 is 0 Å². The maximum absolute atomic E-state index is 12.0. The summed E-state index contributed by atoms with van der Waals surface area (Å²) < 4.78 is 34.5. The Labute approximate surface area is 108 Å². The Morgan fingerprint density at radius 2 is 2.24 bits per heavy atom. The van der Waals surface area contributed by atoms with Gasteiger partial charge in [0.1, 0.15) is 15.9 Å². The second-order valence-corrected chi connectivity index (χ2v) is 6.53. The Bertz CT molecular complexity index is 624. The van der Waals surface area contributed by atoms with Crippen LogP contribution in [-0.4, -0.2) is 29.1 Å². The summed E-state index contributed by atoms with van der Waals surface area (Å²) in [4.78, 5) is 0.140. The molecule has 1 N–H and O–H groups in total. The summed E-state index contributed by atoms with van der Waals surface area (Å²) >= 11 is 6.70. The van der Waals surface area contributed by atoms with Crippen LogP contribution >= 0.6 is 23.3 Å². The van der Waals surface area contributed by atoms with Gasteiger partial charge in [-0.3, -0.25) is 0 Å². The van der Waals surface area contributed by atoms with E-state index < -0.39 is 10.0 Å². The number of hydrogen-bond acceptors (Lipinski definition) is 5. The number of hydrogen-bond donors (Lipinski definition) is 1. The molecule has 1 unspecified atom stereocenters. The lowest BCUT2D eigenvalue weighted by Gasteiger charge is -2.07. The molecule has 92 valence electrons. The first-order valence-electron chi connectivity index (χ1n) is 4.86. The quantitative estimate of drug-likeness (QED) is 0.869. The molecular weight excluding hydrogens is 282 g/mol. The fourth-order valence-corrected chi connectivity index (χ4v) is 3.36. The number of fused-ring (bicyclic) bond motifs is 1. The lowest BCUT2D eigenvalue weighted by molar-refractivity contribution is 0.582. The Hall–Kier alpha value is -0.760. The third kappa shape index (κ3) is 2.74. The van der Waals surface area contributed by atoms with E-state index in [4.69, 9.17) is 11.6 Å². The van der Waals surface area contributed by atoms with Crippen molar-refractivity contribution in [3.63, 3.8) is 0 Å². The molecular formula is C9H10ClN3O2S2. The molecule has 0 spiro atoms. The summed E-state index contributed by atoms with van der Waals surface area (Å²) in [6.45, 7) is 1.90. The number of rotatable bonds is 4. The lowest BCUT2D eigenvalue weighted by atomic mass is 10.3. The minimum absolute atomic E-state index is 0.140. The molecule has 5 nitrogen and oxygen atoms in total. The number of sulfonamides is 1. The number of halogens is 1. The van der Waals surface area contributed by atoms with E-state index in [1.54, 1.807) is 19.1 Å². The van der Waals surface area contributed by atoms with Gasteiger partial charge >= 0.3 is 0 Å². The van der Waals surface area contributed by atoms with Crippen molar-refractivity contribution >= 4 is 44.4 Å². The van der Waals surface area contributed by atoms with Crippen molar-refractivity contribution in [2.45, 2.75) is 17.2 Å². The van der Waals surface area contributed by atoms with Crippen molar-refractivity contribution in [2.24, 2.45) is 0 Å². The van der Waals surface area contributed by atoms with Gasteiger partial charge in [-0.25, -0.2) is 13.1 Å². The van der Waals surface area contributed by atoms with Gasteiger partial charge in [-0.05, 0) is 19.1 Å². The molecule has 0 radical (unpaired) electrons. The molecule has 17 heavy (non-hydrogen) atoms. The van der Waals surface area contributed by atoms with Gasteiger partial charge in [0.05, 0.1) is 11.7 Å². The zero-order chi connectivity index (χ0) is 12.5. The fraction of sp³-hybridized carbons (Fsp3) is 0.333. The molecule has 0 bridgehead atoms. The first-order valence-corrected chi connectivity index (χ1v) is 7.51. The average Bonchev–Trinajstić information content (AvgIpc) is 2.74. The summed E-state index contributed by atoms with van der Waals surface area (Å²) in [6.07, 6.45) is 0. The summed E-state index contributed by atoms with van der Waals surface area (Å²) in [5.74, 6) is 0. The van der Waals surface area contributed by atoms with E-state index in [1.165, 1.54) is 6.07 Å². The first kappa shape index (κ1) is 12.7. The zero-order valence-corrected chi connectivity index (χ0v) is 11.3. The molecule has 2 rings (SSSR count). The van der Waals surface area contributed by atoms with Crippen LogP contribution in [0.4, 0.5) is 0 Å². The third-order valence-corrected chi connectivity index (χ3v) is 4.25. The van der Waals surface area contributed by atoms with E-state index in [-0.39, 0.29) is 16.8 Å². The van der Waals surface area contributed by atoms with Crippen LogP contribution in [0.25, 0.3) is 11.0 Å². The fourth-order valence-electron chi connectivity index (χ4n) is 1.30. The zero-order valence-electron chi connectivity index (χ0n) is 8.92. The van der Waals surface area contributed by atoms with Crippen LogP contribution in [-0.2, 0) is 10.0 Å². The third-order valence-electron chi connectivity index (χ3n) is 2.09. The normalized spacial score (nSPS) is 14.0. The number of benzene rings is 1. The highest BCUT2D eigenvalue weighted by molar-refractivity contribution is 7.89. The molecule has 1 aromatic heterocycles. The summed E-state index contributed by atoms with van der Waals surface area (Å²) in [6, 6.07) is 4.87. The number of nitrogens with zero attached hydrogens (tertiary/aromatic N) is 2. The number of alkyl halides is 1. The van der Waals surface area contributed by atoms with E-state index in [0.29, 0.717) is 11.0 Å². The molecule has 8 heteroatoms. The molecule has 0 aliphatic rings. The lowest BCUT2D eigenvalue weighted by Crippen LogP contribution is -2.28. The van der Waals surface area contributed by atoms with Crippen molar-refractivity contribution in [1.29, 1.82) is 0 Å². The van der Waals surface area contributed by atoms with Gasteiger partial charge in [-0.1, -0.05) is 6.07 Å². The molecule has 0 aliphatic heterocycles. The average molecular weight is 292 g/mol. The highest BCUT2D eigenvalue weighted by Gasteiger charge is 2.19. The Kier molecular flexibility index (Phi) is 3.62. The van der Waals surface area contributed by atoms with Gasteiger partial charge in [0.2, 0.25) is 10.0 Å². The van der Waals surface area contributed by atoms with Crippen LogP contribution in [0.15, 0.2) is 23.1 Å². The number of nitrogens with one attached hydrogen (secondary N) is 1. The standard InChI is InChI=1S/C9H10ClN3O2S2/c1-6(10)5-11-17(14,15)8-4-2-3-7-9(8)13-16-12-7/h2-4,6,11H,5H2,1H3. The van der Waals surface area contributed by atoms with Gasteiger partial charge in [0.15, 0.2) is 0 Å². The van der Waals surface area contributed by atoms with Crippen molar-refractivity contribution in [3.05, 3.63) is 18.2 Å². The van der Waals surface area contributed by atoms with E-state index in [1.807, 2.05) is 0 Å². The second kappa shape index (κ2) is 4.85. The molecule has 0 fully saturated rings. The van der Waals surface area contributed by atoms with Crippen LogP contribution in [0.5, 0.6) is 0 Å². The van der Waals surface area contributed by atoms with Crippen LogP contribution in [0.2, 0.25) is 0 Å². The highest BCUT2D eigenvalue weighted by atomic mass is 35.5. The SMILES string of the molecule is CC(Cl)CNS(=O)(=O)c1cccc2nsnc12. The van der Waals surface area contributed by atoms with Gasteiger partial charge in [0, 0.05) is 11.9 Å². The van der Waals surface area contributed by atoms with E-state index in [9.17, 15) is 8.42 Å². The molecule has 0 saturated carbocycles. The maximum Gasteiger partial charge on any atom is 0.242 e. The van der Waals surface area contributed by atoms with E-state index in [0.717, 1.165) is 11.7 Å². The summed E-state index contributed by atoms with van der Waals surface area (Å²) in [5, 5.41) is -0.266. The molecule has 0 aliphatic carbocycles. The molecule has 1 aromatic carbocycles. The van der Waals surface area contributed by atoms with Crippen molar-refractivity contribution in [3.8, 4) is 0 Å². The van der Waals surface area contributed by atoms with E-state index in [2.05, 4.69) is 13.5 Å². The monoisotopic (exact) mass is 291 g/mol. The minimum Gasteiger partial charge on any atom is -0.210 e. The number of aromatic nitrogens is 2. The molecule has 2 aromatic rings. The van der Waals surface area contributed by atoms with Crippen LogP contribution in [0.1, 0.15) is 6.92 Å². The van der Waals surface area contributed by atoms with Crippen molar-refractivity contribution in [2.75, 3.05) is 6.54 Å². The maximum atomic E-state index is 12.0. The van der Waals surface area contributed by atoms with Crippen LogP contribution in [0, 0.1) is 0 Å². The summed E-state index contributed by atoms with van der Waals surface area (Å²) in [5.41, 5.74) is 0.976. The second-order valence-electron chi connectivity index (χ2n) is 3.52. The van der Waals surface area contributed by atoms with Gasteiger partial charge < -0.3 is 0 Å². The van der Waals surface area contributed by atoms with Crippen LogP contribution < -0.4 is 4.72 Å². The van der Waals surface area contributed by atoms with Gasteiger partial charge in [-0.2, -0.15) is 8.75 Å². The molecule has 1 heterocycles. The Balaban J connectivity index is 2.42. The molecule has 0 saturated heterocycles. The predicted molar refractivity (Wildman–Crippen MR) is 67.9 cm³/mol. The molecule has 0 amide bonds. The Morgan fingerprint density at radius 1 is 1.47 bits per heavy atom.